The molecule has 0 rings (SSSR count). The highest BCUT2D eigenvalue weighted by Gasteiger charge is 2.20. The fraction of sp³-hybridized carbons (Fsp3) is 0.931. The van der Waals surface area contributed by atoms with Gasteiger partial charge in [0, 0.05) is 0 Å². The number of carbonyl (C=O) groups excluding carboxylic acids is 1. The third-order valence-corrected chi connectivity index (χ3v) is 6.98. The van der Waals surface area contributed by atoms with Crippen LogP contribution >= 0.6 is 0 Å². The van der Waals surface area contributed by atoms with Gasteiger partial charge in [0.05, 0.1) is 6.61 Å². The Hall–Kier alpha value is -1.06. The molecule has 0 aromatic rings. The van der Waals surface area contributed by atoms with Crippen molar-refractivity contribution in [2.24, 2.45) is 11.8 Å². The standard InChI is InChI=1S/C29H56O4/c1-4-7-10-12-13-17-22-27(23-18-14-19-24-33-29(32)25-28(30)31)26(20-15-9-6-3)21-16-11-8-5-2/h26-27H,4-25H2,1-3H3,(H,30,31). The SMILES string of the molecule is CCCCCCCCC(CCCCCOC(=O)CC(=O)O)C(CCCCC)CCCCCC. The molecular weight excluding hydrogens is 412 g/mol. The van der Waals surface area contributed by atoms with Crippen LogP contribution in [-0.2, 0) is 14.3 Å². The maximum atomic E-state index is 11.4. The predicted octanol–water partition coefficient (Wildman–Crippen LogP) is 9.10. The minimum absolute atomic E-state index is 0.352. The molecule has 0 aliphatic heterocycles. The number of ether oxygens (including phenoxy) is 1. The van der Waals surface area contributed by atoms with E-state index in [-0.39, 0.29) is 0 Å². The molecular formula is C29H56O4. The molecule has 0 heterocycles. The van der Waals surface area contributed by atoms with Gasteiger partial charge in [-0.15, -0.1) is 0 Å². The van der Waals surface area contributed by atoms with Crippen LogP contribution in [0.25, 0.3) is 0 Å². The summed E-state index contributed by atoms with van der Waals surface area (Å²) in [6, 6.07) is 0. The van der Waals surface area contributed by atoms with E-state index in [2.05, 4.69) is 20.8 Å². The summed E-state index contributed by atoms with van der Waals surface area (Å²) in [5, 5.41) is 8.64. The summed E-state index contributed by atoms with van der Waals surface area (Å²) in [7, 11) is 0. The predicted molar refractivity (Wildman–Crippen MR) is 140 cm³/mol. The summed E-state index contributed by atoms with van der Waals surface area (Å²) < 4.78 is 5.04. The van der Waals surface area contributed by atoms with E-state index >= 15 is 0 Å². The van der Waals surface area contributed by atoms with Gasteiger partial charge in [-0.05, 0) is 18.3 Å². The van der Waals surface area contributed by atoms with Crippen molar-refractivity contribution in [3.8, 4) is 0 Å². The topological polar surface area (TPSA) is 63.6 Å². The quantitative estimate of drug-likeness (QED) is 0.0824. The van der Waals surface area contributed by atoms with Gasteiger partial charge in [0.1, 0.15) is 6.42 Å². The summed E-state index contributed by atoms with van der Waals surface area (Å²) in [4.78, 5) is 21.9. The van der Waals surface area contributed by atoms with Crippen molar-refractivity contribution >= 4 is 11.9 Å². The Morgan fingerprint density at radius 1 is 0.576 bits per heavy atom. The van der Waals surface area contributed by atoms with Gasteiger partial charge in [0.25, 0.3) is 0 Å². The molecule has 2 atom stereocenters. The minimum Gasteiger partial charge on any atom is -0.481 e. The van der Waals surface area contributed by atoms with Gasteiger partial charge in [-0.3, -0.25) is 9.59 Å². The number of carbonyl (C=O) groups is 2. The third-order valence-electron chi connectivity index (χ3n) is 6.98. The maximum absolute atomic E-state index is 11.4. The molecule has 0 fully saturated rings. The summed E-state index contributed by atoms with van der Waals surface area (Å²) in [6.07, 6.45) is 25.7. The van der Waals surface area contributed by atoms with Crippen molar-refractivity contribution in [2.45, 2.75) is 156 Å². The molecule has 4 heteroatoms. The molecule has 0 saturated carbocycles. The van der Waals surface area contributed by atoms with Crippen LogP contribution in [0.2, 0.25) is 0 Å². The van der Waals surface area contributed by atoms with Crippen LogP contribution in [0.15, 0.2) is 0 Å². The molecule has 0 radical (unpaired) electrons. The van der Waals surface area contributed by atoms with E-state index in [1.165, 1.54) is 116 Å². The molecule has 33 heavy (non-hydrogen) atoms. The first-order chi connectivity index (χ1) is 16.0. The van der Waals surface area contributed by atoms with Crippen molar-refractivity contribution in [2.75, 3.05) is 6.61 Å². The average Bonchev–Trinajstić information content (AvgIpc) is 2.78. The molecule has 1 N–H and O–H groups in total. The normalized spacial score (nSPS) is 13.1. The summed E-state index contributed by atoms with van der Waals surface area (Å²) in [5.41, 5.74) is 0. The lowest BCUT2D eigenvalue weighted by Crippen LogP contribution is -2.16. The van der Waals surface area contributed by atoms with Gasteiger partial charge in [0.15, 0.2) is 0 Å². The number of carboxylic acids is 1. The zero-order valence-corrected chi connectivity index (χ0v) is 22.4. The minimum atomic E-state index is -1.12. The van der Waals surface area contributed by atoms with Crippen LogP contribution < -0.4 is 0 Å². The van der Waals surface area contributed by atoms with E-state index < -0.39 is 18.4 Å². The van der Waals surface area contributed by atoms with Crippen molar-refractivity contribution < 1.29 is 19.4 Å². The van der Waals surface area contributed by atoms with E-state index in [1.54, 1.807) is 0 Å². The zero-order chi connectivity index (χ0) is 24.6. The van der Waals surface area contributed by atoms with Crippen molar-refractivity contribution in [1.82, 2.24) is 0 Å². The maximum Gasteiger partial charge on any atom is 0.317 e. The highest BCUT2D eigenvalue weighted by molar-refractivity contribution is 5.90. The number of carboxylic acid groups (broad SMARTS) is 1. The largest absolute Gasteiger partial charge is 0.481 e. The lowest BCUT2D eigenvalue weighted by atomic mass is 9.78. The van der Waals surface area contributed by atoms with Crippen molar-refractivity contribution in [3.05, 3.63) is 0 Å². The third kappa shape index (κ3) is 21.2. The van der Waals surface area contributed by atoms with Crippen LogP contribution in [-0.4, -0.2) is 23.7 Å². The van der Waals surface area contributed by atoms with Crippen LogP contribution in [0.3, 0.4) is 0 Å². The van der Waals surface area contributed by atoms with E-state index in [1.807, 2.05) is 0 Å². The zero-order valence-electron chi connectivity index (χ0n) is 22.4. The van der Waals surface area contributed by atoms with E-state index in [4.69, 9.17) is 9.84 Å². The second-order valence-corrected chi connectivity index (χ2v) is 10.1. The van der Waals surface area contributed by atoms with Crippen LogP contribution in [0.5, 0.6) is 0 Å². The van der Waals surface area contributed by atoms with Crippen LogP contribution in [0.4, 0.5) is 0 Å². The first-order valence-electron chi connectivity index (χ1n) is 14.4. The molecule has 196 valence electrons. The van der Waals surface area contributed by atoms with E-state index in [0.717, 1.165) is 24.7 Å². The lowest BCUT2D eigenvalue weighted by Gasteiger charge is -2.28. The van der Waals surface area contributed by atoms with E-state index in [9.17, 15) is 9.59 Å². The Labute approximate surface area is 205 Å². The molecule has 0 saturated heterocycles. The summed E-state index contributed by atoms with van der Waals surface area (Å²) in [6.45, 7) is 7.22. The molecule has 4 nitrogen and oxygen atoms in total. The Kier molecular flexibility index (Phi) is 23.3. The number of hydrogen-bond acceptors (Lipinski definition) is 3. The molecule has 0 bridgehead atoms. The smallest absolute Gasteiger partial charge is 0.317 e. The Morgan fingerprint density at radius 3 is 1.42 bits per heavy atom. The monoisotopic (exact) mass is 468 g/mol. The molecule has 0 spiro atoms. The Bertz CT molecular complexity index is 449. The summed E-state index contributed by atoms with van der Waals surface area (Å²) in [5.74, 6) is -0.0289. The lowest BCUT2D eigenvalue weighted by molar-refractivity contribution is -0.151. The van der Waals surface area contributed by atoms with Gasteiger partial charge >= 0.3 is 11.9 Å². The Balaban J connectivity index is 4.56. The molecule has 0 aliphatic rings. The number of hydrogen-bond donors (Lipinski definition) is 1. The van der Waals surface area contributed by atoms with Gasteiger partial charge < -0.3 is 9.84 Å². The first-order valence-corrected chi connectivity index (χ1v) is 14.4. The number of aliphatic carboxylic acids is 1. The van der Waals surface area contributed by atoms with Crippen LogP contribution in [0, 0.1) is 11.8 Å². The second kappa shape index (κ2) is 24.1. The highest BCUT2D eigenvalue weighted by atomic mass is 16.5. The second-order valence-electron chi connectivity index (χ2n) is 10.1. The van der Waals surface area contributed by atoms with Gasteiger partial charge in [-0.25, -0.2) is 0 Å². The molecule has 0 aliphatic carbocycles. The average molecular weight is 469 g/mol. The number of unbranched alkanes of at least 4 members (excludes halogenated alkanes) is 12. The molecule has 0 aromatic carbocycles. The van der Waals surface area contributed by atoms with Gasteiger partial charge in [0.2, 0.25) is 0 Å². The highest BCUT2D eigenvalue weighted by Crippen LogP contribution is 2.33. The van der Waals surface area contributed by atoms with Crippen molar-refractivity contribution in [1.29, 1.82) is 0 Å². The number of esters is 1. The molecule has 2 unspecified atom stereocenters. The number of rotatable bonds is 25. The van der Waals surface area contributed by atoms with Gasteiger partial charge in [-0.1, -0.05) is 143 Å². The first kappa shape index (κ1) is 31.9. The molecule has 0 aromatic heterocycles. The van der Waals surface area contributed by atoms with E-state index in [0.29, 0.717) is 6.61 Å². The van der Waals surface area contributed by atoms with Gasteiger partial charge in [-0.2, -0.15) is 0 Å². The molecule has 0 amide bonds. The Morgan fingerprint density at radius 2 is 0.939 bits per heavy atom. The fourth-order valence-corrected chi connectivity index (χ4v) is 4.95. The summed E-state index contributed by atoms with van der Waals surface area (Å²) >= 11 is 0. The fourth-order valence-electron chi connectivity index (χ4n) is 4.95. The van der Waals surface area contributed by atoms with Crippen molar-refractivity contribution in [3.63, 3.8) is 0 Å². The van der Waals surface area contributed by atoms with Crippen LogP contribution in [0.1, 0.15) is 156 Å².